The number of nitrogens with zero attached hydrogens (tertiary/aromatic N) is 1. The van der Waals surface area contributed by atoms with Crippen molar-refractivity contribution in [2.45, 2.75) is 19.1 Å². The van der Waals surface area contributed by atoms with Gasteiger partial charge in [-0.1, -0.05) is 23.2 Å². The Morgan fingerprint density at radius 2 is 2.05 bits per heavy atom. The predicted octanol–water partition coefficient (Wildman–Crippen LogP) is 3.60. The van der Waals surface area contributed by atoms with Gasteiger partial charge in [0.1, 0.15) is 5.76 Å². The molecular weight excluding hydrogens is 283 g/mol. The van der Waals surface area contributed by atoms with E-state index >= 15 is 0 Å². The quantitative estimate of drug-likeness (QED) is 0.941. The summed E-state index contributed by atoms with van der Waals surface area (Å²) in [6.45, 7) is 1.96. The van der Waals surface area contributed by atoms with Gasteiger partial charge in [-0.3, -0.25) is 4.90 Å². The maximum absolute atomic E-state index is 6.30. The molecule has 2 heterocycles. The van der Waals surface area contributed by atoms with E-state index in [1.165, 1.54) is 0 Å². The lowest BCUT2D eigenvalue weighted by molar-refractivity contribution is 0.194. The standard InChI is InChI=1S/C14H14Cl2N2O/c15-11-3-4-12(16)14-10(11)8-18(13(14)6-17)7-9-2-1-5-19-9/h1-5,13H,6-8,17H2. The Morgan fingerprint density at radius 3 is 2.74 bits per heavy atom. The van der Waals surface area contributed by atoms with Crippen molar-refractivity contribution in [2.75, 3.05) is 6.54 Å². The van der Waals surface area contributed by atoms with Crippen LogP contribution in [-0.4, -0.2) is 11.4 Å². The number of benzene rings is 1. The lowest BCUT2D eigenvalue weighted by Crippen LogP contribution is -2.27. The van der Waals surface area contributed by atoms with Crippen LogP contribution >= 0.6 is 23.2 Å². The third-order valence-electron chi connectivity index (χ3n) is 3.54. The zero-order chi connectivity index (χ0) is 13.4. The first kappa shape index (κ1) is 13.0. The Labute approximate surface area is 121 Å². The summed E-state index contributed by atoms with van der Waals surface area (Å²) < 4.78 is 5.40. The summed E-state index contributed by atoms with van der Waals surface area (Å²) in [5.74, 6) is 0.915. The van der Waals surface area contributed by atoms with Gasteiger partial charge in [0.2, 0.25) is 0 Å². The lowest BCUT2D eigenvalue weighted by Gasteiger charge is -2.22. The molecule has 1 atom stereocenters. The fourth-order valence-corrected chi connectivity index (χ4v) is 3.19. The first-order valence-corrected chi connectivity index (χ1v) is 6.89. The zero-order valence-corrected chi connectivity index (χ0v) is 11.8. The summed E-state index contributed by atoms with van der Waals surface area (Å²) in [4.78, 5) is 2.24. The molecule has 0 amide bonds. The highest BCUT2D eigenvalue weighted by molar-refractivity contribution is 6.34. The summed E-state index contributed by atoms with van der Waals surface area (Å²) in [5.41, 5.74) is 8.05. The fraction of sp³-hybridized carbons (Fsp3) is 0.286. The van der Waals surface area contributed by atoms with Crippen molar-refractivity contribution in [3.63, 3.8) is 0 Å². The predicted molar refractivity (Wildman–Crippen MR) is 76.2 cm³/mol. The molecule has 5 heteroatoms. The number of hydrogen-bond donors (Lipinski definition) is 1. The number of hydrogen-bond acceptors (Lipinski definition) is 3. The van der Waals surface area contributed by atoms with E-state index in [9.17, 15) is 0 Å². The fourth-order valence-electron chi connectivity index (χ4n) is 2.66. The van der Waals surface area contributed by atoms with Crippen molar-refractivity contribution in [2.24, 2.45) is 5.73 Å². The summed E-state index contributed by atoms with van der Waals surface area (Å²) in [5, 5.41) is 1.48. The van der Waals surface area contributed by atoms with E-state index in [2.05, 4.69) is 4.90 Å². The van der Waals surface area contributed by atoms with E-state index < -0.39 is 0 Å². The molecule has 0 saturated heterocycles. The maximum Gasteiger partial charge on any atom is 0.117 e. The smallest absolute Gasteiger partial charge is 0.117 e. The van der Waals surface area contributed by atoms with Gasteiger partial charge in [-0.25, -0.2) is 0 Å². The van der Waals surface area contributed by atoms with Gasteiger partial charge in [0.15, 0.2) is 0 Å². The van der Waals surface area contributed by atoms with Crippen LogP contribution in [0.2, 0.25) is 10.0 Å². The molecule has 1 unspecified atom stereocenters. The van der Waals surface area contributed by atoms with Crippen LogP contribution in [0.15, 0.2) is 34.9 Å². The zero-order valence-electron chi connectivity index (χ0n) is 10.3. The Morgan fingerprint density at radius 1 is 1.26 bits per heavy atom. The summed E-state index contributed by atoms with van der Waals surface area (Å²) in [7, 11) is 0. The summed E-state index contributed by atoms with van der Waals surface area (Å²) in [6.07, 6.45) is 1.68. The highest BCUT2D eigenvalue weighted by atomic mass is 35.5. The van der Waals surface area contributed by atoms with Crippen LogP contribution in [-0.2, 0) is 13.1 Å². The second-order valence-corrected chi connectivity index (χ2v) is 5.47. The molecule has 3 rings (SSSR count). The van der Waals surface area contributed by atoms with Gasteiger partial charge in [-0.2, -0.15) is 0 Å². The second kappa shape index (κ2) is 5.17. The van der Waals surface area contributed by atoms with Crippen LogP contribution < -0.4 is 5.73 Å². The van der Waals surface area contributed by atoms with Gasteiger partial charge < -0.3 is 10.2 Å². The van der Waals surface area contributed by atoms with Crippen molar-refractivity contribution in [1.29, 1.82) is 0 Å². The Hall–Kier alpha value is -1.00. The Bertz CT molecular complexity index is 583. The molecule has 0 radical (unpaired) electrons. The molecule has 0 aliphatic carbocycles. The third kappa shape index (κ3) is 2.28. The van der Waals surface area contributed by atoms with Crippen LogP contribution in [0.25, 0.3) is 0 Å². The van der Waals surface area contributed by atoms with Crippen molar-refractivity contribution < 1.29 is 4.42 Å². The number of halogens is 2. The number of rotatable bonds is 3. The third-order valence-corrected chi connectivity index (χ3v) is 4.23. The van der Waals surface area contributed by atoms with Crippen LogP contribution in [0.1, 0.15) is 22.9 Å². The largest absolute Gasteiger partial charge is 0.468 e. The Kier molecular flexibility index (Phi) is 3.54. The van der Waals surface area contributed by atoms with Crippen molar-refractivity contribution in [1.82, 2.24) is 4.90 Å². The number of fused-ring (bicyclic) bond motifs is 1. The second-order valence-electron chi connectivity index (χ2n) is 4.66. The van der Waals surface area contributed by atoms with E-state index in [1.54, 1.807) is 6.26 Å². The molecule has 100 valence electrons. The lowest BCUT2D eigenvalue weighted by atomic mass is 10.0. The van der Waals surface area contributed by atoms with Gasteiger partial charge in [0.05, 0.1) is 12.8 Å². The Balaban J connectivity index is 1.94. The van der Waals surface area contributed by atoms with E-state index in [4.69, 9.17) is 33.4 Å². The van der Waals surface area contributed by atoms with Crippen molar-refractivity contribution >= 4 is 23.2 Å². The van der Waals surface area contributed by atoms with Gasteiger partial charge >= 0.3 is 0 Å². The normalized spacial score (nSPS) is 18.8. The topological polar surface area (TPSA) is 42.4 Å². The van der Waals surface area contributed by atoms with Crippen LogP contribution in [0.3, 0.4) is 0 Å². The molecule has 2 aromatic rings. The SMILES string of the molecule is NCC1c2c(Cl)ccc(Cl)c2CN1Cc1ccco1. The molecule has 1 aliphatic rings. The van der Waals surface area contributed by atoms with Crippen molar-refractivity contribution in [3.8, 4) is 0 Å². The minimum absolute atomic E-state index is 0.0892. The molecular formula is C14H14Cl2N2O. The average molecular weight is 297 g/mol. The summed E-state index contributed by atoms with van der Waals surface area (Å²) in [6, 6.07) is 7.61. The molecule has 0 fully saturated rings. The van der Waals surface area contributed by atoms with Gasteiger partial charge in [-0.05, 0) is 35.4 Å². The van der Waals surface area contributed by atoms with Gasteiger partial charge in [-0.15, -0.1) is 0 Å². The first-order valence-electron chi connectivity index (χ1n) is 6.14. The molecule has 1 aromatic carbocycles. The van der Waals surface area contributed by atoms with Crippen molar-refractivity contribution in [3.05, 3.63) is 57.5 Å². The van der Waals surface area contributed by atoms with E-state index in [1.807, 2.05) is 24.3 Å². The minimum Gasteiger partial charge on any atom is -0.468 e. The van der Waals surface area contributed by atoms with E-state index in [-0.39, 0.29) is 6.04 Å². The highest BCUT2D eigenvalue weighted by Crippen LogP contribution is 2.41. The number of nitrogens with two attached hydrogens (primary N) is 1. The van der Waals surface area contributed by atoms with E-state index in [0.29, 0.717) is 13.1 Å². The molecule has 2 N–H and O–H groups in total. The first-order chi connectivity index (χ1) is 9.20. The number of furan rings is 1. The molecule has 0 saturated carbocycles. The molecule has 3 nitrogen and oxygen atoms in total. The minimum atomic E-state index is 0.0892. The molecule has 0 spiro atoms. The molecule has 19 heavy (non-hydrogen) atoms. The highest BCUT2D eigenvalue weighted by Gasteiger charge is 2.33. The van der Waals surface area contributed by atoms with Crippen LogP contribution in [0.5, 0.6) is 0 Å². The monoisotopic (exact) mass is 296 g/mol. The van der Waals surface area contributed by atoms with E-state index in [0.717, 1.165) is 33.5 Å². The van der Waals surface area contributed by atoms with Gasteiger partial charge in [0, 0.05) is 29.2 Å². The summed E-state index contributed by atoms with van der Waals surface area (Å²) >= 11 is 12.6. The van der Waals surface area contributed by atoms with Crippen LogP contribution in [0.4, 0.5) is 0 Å². The molecule has 0 bridgehead atoms. The molecule has 1 aromatic heterocycles. The maximum atomic E-state index is 6.30. The van der Waals surface area contributed by atoms with Crippen LogP contribution in [0, 0.1) is 0 Å². The average Bonchev–Trinajstić information content (AvgIpc) is 3.02. The van der Waals surface area contributed by atoms with Gasteiger partial charge in [0.25, 0.3) is 0 Å². The molecule has 1 aliphatic heterocycles.